The minimum absolute atomic E-state index is 0.0613. The first kappa shape index (κ1) is 38.4. The smallest absolute Gasteiger partial charge is 0.336 e. The highest BCUT2D eigenvalue weighted by Gasteiger charge is 2.36. The Balaban J connectivity index is 0.941. The molecular weight excluding hydrogens is 778 g/mol. The minimum atomic E-state index is -1.22. The van der Waals surface area contributed by atoms with Crippen LogP contribution >= 0.6 is 22.9 Å². The van der Waals surface area contributed by atoms with Gasteiger partial charge in [-0.1, -0.05) is 47.7 Å². The average molecular weight is 814 g/mol. The van der Waals surface area contributed by atoms with E-state index in [4.69, 9.17) is 16.6 Å². The normalized spacial score (nSPS) is 16.1. The van der Waals surface area contributed by atoms with Gasteiger partial charge in [0.1, 0.15) is 16.9 Å². The van der Waals surface area contributed by atoms with Gasteiger partial charge in [0.05, 0.1) is 35.4 Å². The van der Waals surface area contributed by atoms with Gasteiger partial charge in [-0.3, -0.25) is 33.6 Å². The van der Waals surface area contributed by atoms with Crippen molar-refractivity contribution >= 4 is 63.9 Å². The van der Waals surface area contributed by atoms with Crippen molar-refractivity contribution in [1.29, 1.82) is 0 Å². The number of thiophene rings is 1. The Morgan fingerprint density at radius 2 is 1.64 bits per heavy atom. The summed E-state index contributed by atoms with van der Waals surface area (Å²) in [5.41, 5.74) is 4.68. The van der Waals surface area contributed by atoms with Gasteiger partial charge in [0.2, 0.25) is 11.8 Å². The number of benzene rings is 3. The van der Waals surface area contributed by atoms with E-state index < -0.39 is 29.7 Å². The Morgan fingerprint density at radius 3 is 2.31 bits per heavy atom. The van der Waals surface area contributed by atoms with E-state index in [2.05, 4.69) is 41.2 Å². The zero-order valence-corrected chi connectivity index (χ0v) is 33.3. The number of piperidine rings is 1. The van der Waals surface area contributed by atoms with E-state index in [1.165, 1.54) is 18.2 Å². The van der Waals surface area contributed by atoms with Gasteiger partial charge in [-0.05, 0) is 81.6 Å². The lowest BCUT2D eigenvalue weighted by Crippen LogP contribution is -2.41. The molecule has 0 bridgehead atoms. The van der Waals surface area contributed by atoms with Crippen molar-refractivity contribution in [1.82, 2.24) is 24.6 Å². The van der Waals surface area contributed by atoms with Gasteiger partial charge in [0, 0.05) is 51.3 Å². The number of anilines is 1. The topological polar surface area (TPSA) is 167 Å². The molecule has 1 atom stereocenters. The molecular formula is C43H36ClN7O6S. The first-order valence-electron chi connectivity index (χ1n) is 18.7. The van der Waals surface area contributed by atoms with Crippen molar-refractivity contribution in [3.05, 3.63) is 127 Å². The summed E-state index contributed by atoms with van der Waals surface area (Å²) in [5.74, 6) is 3.90. The van der Waals surface area contributed by atoms with E-state index in [1.807, 2.05) is 35.8 Å². The van der Waals surface area contributed by atoms with E-state index in [1.54, 1.807) is 40.5 Å². The summed E-state index contributed by atoms with van der Waals surface area (Å²) in [6.45, 7) is 6.53. The van der Waals surface area contributed by atoms with Crippen molar-refractivity contribution in [2.24, 2.45) is 10.9 Å². The number of hydrogen-bond donors (Lipinski definition) is 2. The molecule has 0 unspecified atom stereocenters. The number of fused-ring (bicyclic) bond motifs is 4. The lowest BCUT2D eigenvalue weighted by atomic mass is 9.95. The Kier molecular flexibility index (Phi) is 10.3. The van der Waals surface area contributed by atoms with Crippen LogP contribution < -0.4 is 5.32 Å². The molecule has 0 aliphatic carbocycles. The fraction of sp³-hybridized carbons (Fsp3) is 0.256. The van der Waals surface area contributed by atoms with E-state index in [0.717, 1.165) is 37.2 Å². The van der Waals surface area contributed by atoms with Crippen molar-refractivity contribution in [2.75, 3.05) is 25.0 Å². The average Bonchev–Trinajstić information content (AvgIpc) is 3.79. The van der Waals surface area contributed by atoms with E-state index in [9.17, 15) is 29.1 Å². The molecule has 3 aliphatic rings. The molecule has 1 saturated heterocycles. The summed E-state index contributed by atoms with van der Waals surface area (Å²) in [4.78, 5) is 74.0. The molecule has 1 fully saturated rings. The molecule has 292 valence electrons. The summed E-state index contributed by atoms with van der Waals surface area (Å²) in [6, 6.07) is 17.7. The molecule has 0 spiro atoms. The number of aromatic nitrogens is 3. The number of nitrogens with one attached hydrogen (secondary N) is 1. The number of imide groups is 1. The fourth-order valence-electron chi connectivity index (χ4n) is 7.57. The number of halogens is 1. The van der Waals surface area contributed by atoms with Gasteiger partial charge in [-0.2, -0.15) is 0 Å². The number of carbonyl (C=O) groups excluding carboxylic acids is 4. The molecule has 4 amide bonds. The number of amides is 4. The maximum atomic E-state index is 14.0. The van der Waals surface area contributed by atoms with Gasteiger partial charge < -0.3 is 15.3 Å². The second-order valence-corrected chi connectivity index (χ2v) is 16.0. The van der Waals surface area contributed by atoms with E-state index in [0.29, 0.717) is 59.4 Å². The zero-order chi connectivity index (χ0) is 40.8. The first-order chi connectivity index (χ1) is 27.9. The maximum absolute atomic E-state index is 14.0. The number of carboxylic acids is 1. The number of nitrogens with zero attached hydrogens (tertiary/aromatic N) is 6. The third kappa shape index (κ3) is 7.07. The van der Waals surface area contributed by atoms with E-state index >= 15 is 0 Å². The lowest BCUT2D eigenvalue weighted by Gasteiger charge is -2.32. The highest BCUT2D eigenvalue weighted by atomic mass is 35.5. The molecule has 58 heavy (non-hydrogen) atoms. The monoisotopic (exact) mass is 813 g/mol. The number of aliphatic imine (C=N–C) groups is 1. The highest BCUT2D eigenvalue weighted by Crippen LogP contribution is 2.40. The van der Waals surface area contributed by atoms with Crippen LogP contribution in [-0.2, 0) is 9.59 Å². The lowest BCUT2D eigenvalue weighted by molar-refractivity contribution is -0.134. The summed E-state index contributed by atoms with van der Waals surface area (Å²) in [7, 11) is 0. The summed E-state index contributed by atoms with van der Waals surface area (Å²) in [5, 5.41) is 23.1. The molecule has 2 N–H and O–H groups in total. The third-order valence-corrected chi connectivity index (χ3v) is 12.2. The zero-order valence-electron chi connectivity index (χ0n) is 31.7. The Hall–Kier alpha value is -6.43. The highest BCUT2D eigenvalue weighted by molar-refractivity contribution is 7.15. The molecule has 0 saturated carbocycles. The van der Waals surface area contributed by atoms with Crippen molar-refractivity contribution in [3.8, 4) is 16.8 Å². The maximum Gasteiger partial charge on any atom is 0.336 e. The standard InChI is InChI=1S/C43H36ClN7O6S/c1-23-24(2)58-42-36(23)37(26-10-12-29(44)13-11-26)46-34(38-48-47-25(3)51(38)42)22-35(52)49-19-16-27(17-20-49)39(53)45-30-14-15-31(43(56)57)28(21-30)7-6-18-50-40(54)32-8-4-5-9-33(32)41(50)55/h4-5,8-15,21,27,34H,16-20,22H2,1-3H3,(H,45,53)(H,56,57)/t34-/m0/s1. The third-order valence-electron chi connectivity index (χ3n) is 10.8. The second-order valence-electron chi connectivity index (χ2n) is 14.4. The van der Waals surface area contributed by atoms with Gasteiger partial charge in [-0.15, -0.1) is 21.5 Å². The van der Waals surface area contributed by atoms with Crippen LogP contribution in [0.25, 0.3) is 5.00 Å². The molecule has 3 aromatic carbocycles. The van der Waals surface area contributed by atoms with Crippen molar-refractivity contribution in [2.45, 2.75) is 46.1 Å². The van der Waals surface area contributed by atoms with Crippen LogP contribution in [0.1, 0.15) is 95.2 Å². The summed E-state index contributed by atoms with van der Waals surface area (Å²) < 4.78 is 2.01. The van der Waals surface area contributed by atoms with Crippen molar-refractivity contribution < 1.29 is 29.1 Å². The van der Waals surface area contributed by atoms with Crippen molar-refractivity contribution in [3.63, 3.8) is 0 Å². The van der Waals surface area contributed by atoms with Gasteiger partial charge in [-0.25, -0.2) is 4.79 Å². The Morgan fingerprint density at radius 1 is 0.948 bits per heavy atom. The van der Waals surface area contributed by atoms with Crippen LogP contribution in [0.5, 0.6) is 0 Å². The summed E-state index contributed by atoms with van der Waals surface area (Å²) in [6.07, 6.45) is 0.908. The SMILES string of the molecule is Cc1sc2c(c1C)C(c1ccc(Cl)cc1)=N[C@@H](CC(=O)N1CCC(C(=O)Nc3ccc(C(=O)O)c(C#CCN4C(=O)c5ccccc5C4=O)c3)CC1)c1nnc(C)n1-2. The molecule has 3 aliphatic heterocycles. The molecule has 5 aromatic rings. The van der Waals surface area contributed by atoms with Crippen LogP contribution in [0.15, 0.2) is 71.7 Å². The van der Waals surface area contributed by atoms with Crippen LogP contribution in [0.3, 0.4) is 0 Å². The van der Waals surface area contributed by atoms with Crippen LogP contribution in [-0.4, -0.2) is 84.6 Å². The molecule has 0 radical (unpaired) electrons. The molecule has 2 aromatic heterocycles. The number of aromatic carboxylic acids is 1. The van der Waals surface area contributed by atoms with Gasteiger partial charge >= 0.3 is 5.97 Å². The van der Waals surface area contributed by atoms with Crippen LogP contribution in [0, 0.1) is 38.5 Å². The van der Waals surface area contributed by atoms with Gasteiger partial charge in [0.15, 0.2) is 5.82 Å². The first-order valence-corrected chi connectivity index (χ1v) is 19.9. The quantitative estimate of drug-likeness (QED) is 0.140. The molecule has 5 heterocycles. The van der Waals surface area contributed by atoms with Crippen LogP contribution in [0.4, 0.5) is 5.69 Å². The predicted octanol–water partition coefficient (Wildman–Crippen LogP) is 6.41. The minimum Gasteiger partial charge on any atom is -0.478 e. The van der Waals surface area contributed by atoms with Gasteiger partial charge in [0.25, 0.3) is 11.8 Å². The number of carboxylic acid groups (broad SMARTS) is 1. The Labute approximate surface area is 342 Å². The second kappa shape index (κ2) is 15.5. The molecule has 15 heteroatoms. The number of carbonyl (C=O) groups is 5. The fourth-order valence-corrected chi connectivity index (χ4v) is 8.91. The Bertz CT molecular complexity index is 2610. The number of rotatable bonds is 7. The largest absolute Gasteiger partial charge is 0.478 e. The number of aryl methyl sites for hydroxylation is 2. The molecule has 13 nitrogen and oxygen atoms in total. The predicted molar refractivity (Wildman–Crippen MR) is 218 cm³/mol. The molecule has 8 rings (SSSR count). The number of hydrogen-bond acceptors (Lipinski definition) is 9. The number of likely N-dealkylation sites (tertiary alicyclic amines) is 1. The van der Waals surface area contributed by atoms with E-state index in [-0.39, 0.29) is 35.9 Å². The van der Waals surface area contributed by atoms with Crippen LogP contribution in [0.2, 0.25) is 5.02 Å². The summed E-state index contributed by atoms with van der Waals surface area (Å²) >= 11 is 7.89.